The highest BCUT2D eigenvalue weighted by molar-refractivity contribution is 7.46. The van der Waals surface area contributed by atoms with E-state index in [0.717, 1.165) is 18.2 Å². The summed E-state index contributed by atoms with van der Waals surface area (Å²) in [5, 5.41) is 16.7. The lowest BCUT2D eigenvalue weighted by atomic mass is 10.1. The van der Waals surface area contributed by atoms with Gasteiger partial charge in [-0.05, 0) is 12.1 Å². The van der Waals surface area contributed by atoms with Crippen LogP contribution in [-0.2, 0) is 4.57 Å². The molecule has 0 aliphatic heterocycles. The van der Waals surface area contributed by atoms with Gasteiger partial charge in [0.25, 0.3) is 0 Å². The fourth-order valence-corrected chi connectivity index (χ4v) is 1.61. The molecule has 15 heavy (non-hydrogen) atoms. The van der Waals surface area contributed by atoms with Crippen LogP contribution in [0.4, 0.5) is 0 Å². The molecule has 1 aromatic rings. The second-order valence-electron chi connectivity index (χ2n) is 2.60. The maximum absolute atomic E-state index is 10.7. The molecule has 0 amide bonds. The number of carboxylic acids is 2. The summed E-state index contributed by atoms with van der Waals surface area (Å²) in [7, 11) is -3.13. The van der Waals surface area contributed by atoms with Gasteiger partial charge in [0.15, 0.2) is 0 Å². The van der Waals surface area contributed by atoms with Crippen molar-refractivity contribution in [2.75, 3.05) is 0 Å². The summed E-state index contributed by atoms with van der Waals surface area (Å²) in [6, 6.07) is 2.80. The predicted molar refractivity (Wildman–Crippen MR) is 47.6 cm³/mol. The molecule has 1 rings (SSSR count). The number of carbonyl (C=O) groups is 2. The Morgan fingerprint density at radius 2 is 1.80 bits per heavy atom. The van der Waals surface area contributed by atoms with Crippen molar-refractivity contribution in [2.45, 2.75) is 0 Å². The zero-order valence-electron chi connectivity index (χ0n) is 7.21. The largest absolute Gasteiger partial charge is 0.591 e. The zero-order valence-corrected chi connectivity index (χ0v) is 8.10. The van der Waals surface area contributed by atoms with Crippen molar-refractivity contribution in [3.05, 3.63) is 29.3 Å². The van der Waals surface area contributed by atoms with E-state index in [4.69, 9.17) is 10.2 Å². The average Bonchev–Trinajstić information content (AvgIpc) is 2.16. The highest BCUT2D eigenvalue weighted by Gasteiger charge is 2.21. The van der Waals surface area contributed by atoms with E-state index in [1.54, 1.807) is 0 Å². The molecule has 0 spiro atoms. The molecule has 0 aliphatic rings. The second kappa shape index (κ2) is 4.16. The molecule has 0 radical (unpaired) electrons. The highest BCUT2D eigenvalue weighted by Crippen LogP contribution is 2.14. The van der Waals surface area contributed by atoms with Crippen molar-refractivity contribution < 1.29 is 29.3 Å². The summed E-state index contributed by atoms with van der Waals surface area (Å²) in [6.45, 7) is 0. The van der Waals surface area contributed by atoms with Crippen LogP contribution in [0.1, 0.15) is 20.7 Å². The smallest absolute Gasteiger partial charge is 0.349 e. The summed E-state index contributed by atoms with van der Waals surface area (Å²) in [5.74, 6) is -2.73. The van der Waals surface area contributed by atoms with Crippen molar-refractivity contribution in [1.29, 1.82) is 0 Å². The van der Waals surface area contributed by atoms with Gasteiger partial charge in [0.1, 0.15) is 5.56 Å². The summed E-state index contributed by atoms with van der Waals surface area (Å²) in [6.07, 6.45) is 0. The van der Waals surface area contributed by atoms with Gasteiger partial charge in [0, 0.05) is 6.07 Å². The van der Waals surface area contributed by atoms with E-state index < -0.39 is 30.8 Å². The van der Waals surface area contributed by atoms with E-state index in [-0.39, 0.29) is 5.56 Å². The number of rotatable bonds is 3. The van der Waals surface area contributed by atoms with Crippen molar-refractivity contribution >= 4 is 25.3 Å². The lowest BCUT2D eigenvalue weighted by Gasteiger charge is -1.99. The third kappa shape index (κ3) is 2.37. The third-order valence-electron chi connectivity index (χ3n) is 1.67. The topological polar surface area (TPSA) is 115 Å². The van der Waals surface area contributed by atoms with Gasteiger partial charge in [-0.1, -0.05) is 4.57 Å². The first kappa shape index (κ1) is 11.3. The molecule has 2 N–H and O–H groups in total. The monoisotopic (exact) mass is 228 g/mol. The fourth-order valence-electron chi connectivity index (χ4n) is 0.997. The van der Waals surface area contributed by atoms with Gasteiger partial charge in [-0.25, -0.2) is 9.59 Å². The van der Waals surface area contributed by atoms with Gasteiger partial charge >= 0.3 is 20.0 Å². The van der Waals surface area contributed by atoms with Crippen LogP contribution >= 0.6 is 8.03 Å². The van der Waals surface area contributed by atoms with Crippen LogP contribution in [0.2, 0.25) is 0 Å². The molecule has 7 heteroatoms. The van der Waals surface area contributed by atoms with Crippen LogP contribution in [0.25, 0.3) is 0 Å². The molecular weight excluding hydrogens is 223 g/mol. The predicted octanol–water partition coefficient (Wildman–Crippen LogP) is -0.189. The summed E-state index contributed by atoms with van der Waals surface area (Å²) in [4.78, 5) is 31.8. The van der Waals surface area contributed by atoms with Crippen molar-refractivity contribution in [1.82, 2.24) is 0 Å². The van der Waals surface area contributed by atoms with Gasteiger partial charge in [0.2, 0.25) is 5.30 Å². The molecule has 1 atom stereocenters. The third-order valence-corrected chi connectivity index (χ3v) is 2.44. The number of carboxylic acid groups (broad SMARTS) is 2. The maximum atomic E-state index is 10.7. The van der Waals surface area contributed by atoms with Gasteiger partial charge < -0.3 is 15.1 Å². The van der Waals surface area contributed by atoms with Crippen LogP contribution in [0, 0.1) is 0 Å². The minimum Gasteiger partial charge on any atom is -0.591 e. The Hall–Kier alpha value is -1.78. The quantitative estimate of drug-likeness (QED) is 0.693. The summed E-state index contributed by atoms with van der Waals surface area (Å²) in [5.41, 5.74) is -0.703. The molecule has 78 valence electrons. The van der Waals surface area contributed by atoms with Crippen molar-refractivity contribution in [3.8, 4) is 0 Å². The zero-order chi connectivity index (χ0) is 11.6. The molecule has 1 aromatic carbocycles. The van der Waals surface area contributed by atoms with E-state index in [2.05, 4.69) is 0 Å². The molecule has 0 heterocycles. The molecule has 6 nitrogen and oxygen atoms in total. The summed E-state index contributed by atoms with van der Waals surface area (Å²) < 4.78 is 10.7. The van der Waals surface area contributed by atoms with Crippen LogP contribution in [-0.4, -0.2) is 22.2 Å². The first-order valence-corrected chi connectivity index (χ1v) is 4.86. The number of benzene rings is 1. The van der Waals surface area contributed by atoms with Crippen LogP contribution in [0.3, 0.4) is 0 Å². The van der Waals surface area contributed by atoms with Crippen molar-refractivity contribution in [2.24, 2.45) is 0 Å². The molecule has 0 saturated heterocycles. The van der Waals surface area contributed by atoms with Crippen LogP contribution in [0.5, 0.6) is 0 Å². The summed E-state index contributed by atoms with van der Waals surface area (Å²) >= 11 is 0. The highest BCUT2D eigenvalue weighted by atomic mass is 31.1. The molecule has 0 bridgehead atoms. The lowest BCUT2D eigenvalue weighted by Crippen LogP contribution is -2.17. The van der Waals surface area contributed by atoms with E-state index in [0.29, 0.717) is 0 Å². The Morgan fingerprint density at radius 1 is 1.20 bits per heavy atom. The van der Waals surface area contributed by atoms with E-state index >= 15 is 0 Å². The fraction of sp³-hybridized carbons (Fsp3) is 0. The Bertz CT molecular complexity index is 452. The molecular formula is C8H5O6P. The van der Waals surface area contributed by atoms with Crippen molar-refractivity contribution in [3.63, 3.8) is 0 Å². The first-order valence-electron chi connectivity index (χ1n) is 3.68. The normalized spacial score (nSPS) is 10.9. The minimum atomic E-state index is -3.13. The van der Waals surface area contributed by atoms with E-state index in [1.807, 2.05) is 0 Å². The number of hydrogen-bond donors (Lipinski definition) is 2. The van der Waals surface area contributed by atoms with Crippen LogP contribution < -0.4 is 10.2 Å². The SMILES string of the molecule is O=C(O)c1ccc(C(=O)O)c([P+](=O)[O-])c1. The van der Waals surface area contributed by atoms with Gasteiger partial charge in [0.05, 0.1) is 5.56 Å². The van der Waals surface area contributed by atoms with Gasteiger partial charge in [-0.3, -0.25) is 0 Å². The van der Waals surface area contributed by atoms with Crippen LogP contribution in [0.15, 0.2) is 18.2 Å². The standard InChI is InChI=1S/C8H5O6P/c9-7(10)4-1-2-5(8(11)12)6(3-4)15(13)14/h1-3H,(H,9,10)(H,11,12). The molecule has 0 aromatic heterocycles. The van der Waals surface area contributed by atoms with E-state index in [9.17, 15) is 19.0 Å². The Kier molecular flexibility index (Phi) is 3.14. The second-order valence-corrected chi connectivity index (χ2v) is 3.60. The molecule has 0 aliphatic carbocycles. The average molecular weight is 228 g/mol. The van der Waals surface area contributed by atoms with Gasteiger partial charge in [-0.2, -0.15) is 0 Å². The lowest BCUT2D eigenvalue weighted by molar-refractivity contribution is -0.160. The van der Waals surface area contributed by atoms with Gasteiger partial charge in [-0.15, -0.1) is 0 Å². The molecule has 0 fully saturated rings. The first-order chi connectivity index (χ1) is 6.93. The molecule has 0 saturated carbocycles. The Balaban J connectivity index is 3.40. The minimum absolute atomic E-state index is 0.269. The number of hydrogen-bond acceptors (Lipinski definition) is 4. The van der Waals surface area contributed by atoms with E-state index in [1.165, 1.54) is 0 Å². The Labute approximate surface area is 84.7 Å². The Morgan fingerprint density at radius 3 is 2.20 bits per heavy atom. The molecule has 1 unspecified atom stereocenters. The number of aromatic carboxylic acids is 2. The maximum Gasteiger partial charge on any atom is 0.349 e.